The molecule has 0 saturated carbocycles. The second kappa shape index (κ2) is 9.92. The number of rotatable bonds is 6. The van der Waals surface area contributed by atoms with Crippen LogP contribution in [0.1, 0.15) is 33.0 Å². The molecule has 0 atom stereocenters. The Balaban J connectivity index is 1.39. The van der Waals surface area contributed by atoms with Gasteiger partial charge in [-0.05, 0) is 34.4 Å². The first-order valence-electron chi connectivity index (χ1n) is 10.4. The molecule has 3 aromatic rings. The van der Waals surface area contributed by atoms with Crippen molar-refractivity contribution in [2.75, 3.05) is 27.4 Å². The minimum atomic E-state index is -0.544. The number of hydrogen-bond donors (Lipinski definition) is 1. The van der Waals surface area contributed by atoms with Crippen molar-refractivity contribution in [3.63, 3.8) is 0 Å². The third-order valence-corrected chi connectivity index (χ3v) is 5.53. The van der Waals surface area contributed by atoms with Gasteiger partial charge in [0.05, 0.1) is 26.3 Å². The third kappa shape index (κ3) is 4.53. The summed E-state index contributed by atoms with van der Waals surface area (Å²) >= 11 is 0. The number of carbonyl (C=O) groups is 2. The van der Waals surface area contributed by atoms with Gasteiger partial charge >= 0.3 is 6.09 Å². The molecule has 0 bridgehead atoms. The molecule has 0 fully saturated rings. The SMILES string of the molecule is COc1cc(C=O)cc(C#CCNC(=O)OCC2c3ccccc3-c3ccccc32)c1OC. The van der Waals surface area contributed by atoms with Crippen LogP contribution in [0.2, 0.25) is 0 Å². The summed E-state index contributed by atoms with van der Waals surface area (Å²) in [4.78, 5) is 23.4. The van der Waals surface area contributed by atoms with Crippen molar-refractivity contribution in [2.45, 2.75) is 5.92 Å². The summed E-state index contributed by atoms with van der Waals surface area (Å²) in [6.07, 6.45) is 0.166. The van der Waals surface area contributed by atoms with Crippen molar-refractivity contribution >= 4 is 12.4 Å². The maximum Gasteiger partial charge on any atom is 0.407 e. The number of ether oxygens (including phenoxy) is 3. The fraction of sp³-hybridized carbons (Fsp3) is 0.185. The van der Waals surface area contributed by atoms with Crippen molar-refractivity contribution in [1.82, 2.24) is 5.32 Å². The molecular formula is C27H23NO5. The molecule has 0 heterocycles. The average molecular weight is 441 g/mol. The molecule has 0 aliphatic heterocycles. The van der Waals surface area contributed by atoms with Crippen LogP contribution >= 0.6 is 0 Å². The van der Waals surface area contributed by atoms with Crippen LogP contribution in [0.5, 0.6) is 11.5 Å². The number of methoxy groups -OCH3 is 2. The van der Waals surface area contributed by atoms with Crippen LogP contribution < -0.4 is 14.8 Å². The van der Waals surface area contributed by atoms with Crippen LogP contribution in [0.15, 0.2) is 60.7 Å². The lowest BCUT2D eigenvalue weighted by molar-refractivity contribution is 0.112. The summed E-state index contributed by atoms with van der Waals surface area (Å²) < 4.78 is 16.1. The Bertz CT molecular complexity index is 1210. The maximum atomic E-state index is 12.3. The summed E-state index contributed by atoms with van der Waals surface area (Å²) in [5.41, 5.74) is 5.57. The highest BCUT2D eigenvalue weighted by Crippen LogP contribution is 2.44. The predicted octanol–water partition coefficient (Wildman–Crippen LogP) is 4.41. The van der Waals surface area contributed by atoms with E-state index in [-0.39, 0.29) is 19.1 Å². The van der Waals surface area contributed by atoms with E-state index in [4.69, 9.17) is 14.2 Å². The quantitative estimate of drug-likeness (QED) is 0.453. The molecule has 0 aromatic heterocycles. The molecule has 1 aliphatic carbocycles. The number of aldehydes is 1. The molecule has 33 heavy (non-hydrogen) atoms. The van der Waals surface area contributed by atoms with Crippen LogP contribution in [-0.4, -0.2) is 39.8 Å². The molecular weight excluding hydrogens is 418 g/mol. The van der Waals surface area contributed by atoms with Gasteiger partial charge in [0.2, 0.25) is 0 Å². The summed E-state index contributed by atoms with van der Waals surface area (Å²) in [6.45, 7) is 0.313. The second-order valence-electron chi connectivity index (χ2n) is 7.40. The lowest BCUT2D eigenvalue weighted by atomic mass is 9.98. The Kier molecular flexibility index (Phi) is 6.61. The zero-order valence-electron chi connectivity index (χ0n) is 18.4. The number of alkyl carbamates (subject to hydrolysis) is 1. The van der Waals surface area contributed by atoms with Crippen molar-refractivity contribution in [3.8, 4) is 34.5 Å². The molecule has 3 aromatic carbocycles. The van der Waals surface area contributed by atoms with Crippen LogP contribution in [0.3, 0.4) is 0 Å². The second-order valence-corrected chi connectivity index (χ2v) is 7.40. The lowest BCUT2D eigenvalue weighted by Gasteiger charge is -2.14. The number of amides is 1. The minimum Gasteiger partial charge on any atom is -0.493 e. The van der Waals surface area contributed by atoms with Gasteiger partial charge in [-0.2, -0.15) is 0 Å². The summed E-state index contributed by atoms with van der Waals surface area (Å²) in [5.74, 6) is 6.60. The monoisotopic (exact) mass is 441 g/mol. The van der Waals surface area contributed by atoms with Gasteiger partial charge in [-0.15, -0.1) is 0 Å². The zero-order chi connectivity index (χ0) is 23.2. The first kappa shape index (κ1) is 22.0. The molecule has 0 radical (unpaired) electrons. The smallest absolute Gasteiger partial charge is 0.407 e. The van der Waals surface area contributed by atoms with Gasteiger partial charge in [-0.25, -0.2) is 4.79 Å². The van der Waals surface area contributed by atoms with Gasteiger partial charge in [0.25, 0.3) is 0 Å². The Morgan fingerprint density at radius 3 is 2.27 bits per heavy atom. The number of fused-ring (bicyclic) bond motifs is 3. The van der Waals surface area contributed by atoms with Crippen LogP contribution in [0.4, 0.5) is 4.79 Å². The fourth-order valence-electron chi connectivity index (χ4n) is 4.05. The Morgan fingerprint density at radius 1 is 1.00 bits per heavy atom. The van der Waals surface area contributed by atoms with E-state index in [9.17, 15) is 9.59 Å². The third-order valence-electron chi connectivity index (χ3n) is 5.53. The van der Waals surface area contributed by atoms with E-state index in [1.807, 2.05) is 24.3 Å². The lowest BCUT2D eigenvalue weighted by Crippen LogP contribution is -2.26. The Morgan fingerprint density at radius 2 is 1.67 bits per heavy atom. The first-order chi connectivity index (χ1) is 16.2. The van der Waals surface area contributed by atoms with Gasteiger partial charge in [0, 0.05) is 11.5 Å². The highest BCUT2D eigenvalue weighted by molar-refractivity contribution is 5.79. The molecule has 6 nitrogen and oxygen atoms in total. The van der Waals surface area contributed by atoms with E-state index < -0.39 is 6.09 Å². The van der Waals surface area contributed by atoms with E-state index in [0.717, 1.165) is 11.1 Å². The van der Waals surface area contributed by atoms with Gasteiger partial charge < -0.3 is 19.5 Å². The molecule has 1 amide bonds. The molecule has 1 N–H and O–H groups in total. The molecule has 0 spiro atoms. The average Bonchev–Trinajstić information content (AvgIpc) is 3.18. The topological polar surface area (TPSA) is 73.9 Å². The van der Waals surface area contributed by atoms with Gasteiger partial charge in [0.1, 0.15) is 12.9 Å². The summed E-state index contributed by atoms with van der Waals surface area (Å²) in [6, 6.07) is 19.5. The van der Waals surface area contributed by atoms with Crippen molar-refractivity contribution in [2.24, 2.45) is 0 Å². The van der Waals surface area contributed by atoms with Crippen molar-refractivity contribution in [1.29, 1.82) is 0 Å². The van der Waals surface area contributed by atoms with Crippen molar-refractivity contribution in [3.05, 3.63) is 82.9 Å². The van der Waals surface area contributed by atoms with E-state index in [0.29, 0.717) is 28.9 Å². The zero-order valence-corrected chi connectivity index (χ0v) is 18.4. The number of benzene rings is 3. The van der Waals surface area contributed by atoms with E-state index in [1.165, 1.54) is 25.3 Å². The molecule has 166 valence electrons. The van der Waals surface area contributed by atoms with Crippen LogP contribution in [0, 0.1) is 11.8 Å². The van der Waals surface area contributed by atoms with Gasteiger partial charge in [0.15, 0.2) is 11.5 Å². The molecule has 6 heteroatoms. The summed E-state index contributed by atoms with van der Waals surface area (Å²) in [7, 11) is 2.99. The largest absolute Gasteiger partial charge is 0.493 e. The summed E-state index contributed by atoms with van der Waals surface area (Å²) in [5, 5.41) is 2.64. The van der Waals surface area contributed by atoms with E-state index in [1.54, 1.807) is 12.1 Å². The van der Waals surface area contributed by atoms with E-state index in [2.05, 4.69) is 41.4 Å². The highest BCUT2D eigenvalue weighted by Gasteiger charge is 2.28. The highest BCUT2D eigenvalue weighted by atomic mass is 16.5. The van der Waals surface area contributed by atoms with Gasteiger partial charge in [-0.3, -0.25) is 4.79 Å². The number of hydrogen-bond acceptors (Lipinski definition) is 5. The first-order valence-corrected chi connectivity index (χ1v) is 10.4. The maximum absolute atomic E-state index is 12.3. The predicted molar refractivity (Wildman–Crippen MR) is 125 cm³/mol. The van der Waals surface area contributed by atoms with E-state index >= 15 is 0 Å². The Hall–Kier alpha value is -4.24. The van der Waals surface area contributed by atoms with Crippen molar-refractivity contribution < 1.29 is 23.8 Å². The Labute approximate surface area is 192 Å². The normalized spacial score (nSPS) is 11.5. The van der Waals surface area contributed by atoms with Crippen LogP contribution in [0.25, 0.3) is 11.1 Å². The fourth-order valence-corrected chi connectivity index (χ4v) is 4.05. The number of carbonyl (C=O) groups excluding carboxylic acids is 2. The molecule has 0 saturated heterocycles. The molecule has 4 rings (SSSR count). The minimum absolute atomic E-state index is 0.00274. The standard InChI is InChI=1S/C27H23NO5/c1-31-25-15-18(16-29)14-19(26(25)32-2)8-7-13-28-27(30)33-17-24-22-11-5-3-9-20(22)21-10-4-6-12-23(21)24/h3-6,9-12,14-16,24H,13,17H2,1-2H3,(H,28,30). The molecule has 1 aliphatic rings. The van der Waals surface area contributed by atoms with Gasteiger partial charge in [-0.1, -0.05) is 60.4 Å². The van der Waals surface area contributed by atoms with Crippen LogP contribution in [-0.2, 0) is 4.74 Å². The number of nitrogens with one attached hydrogen (secondary N) is 1. The molecule has 0 unspecified atom stereocenters.